The Hall–Kier alpha value is -3.85. The zero-order valence-electron chi connectivity index (χ0n) is 24.1. The third-order valence-electron chi connectivity index (χ3n) is 7.74. The monoisotopic (exact) mass is 597 g/mol. The van der Waals surface area contributed by atoms with Gasteiger partial charge in [0, 0.05) is 43.7 Å². The number of methoxy groups -OCH3 is 1. The van der Waals surface area contributed by atoms with E-state index in [-0.39, 0.29) is 29.1 Å². The van der Waals surface area contributed by atoms with Crippen molar-refractivity contribution in [3.63, 3.8) is 0 Å². The van der Waals surface area contributed by atoms with Crippen molar-refractivity contribution in [2.24, 2.45) is 0 Å². The molecule has 0 spiro atoms. The van der Waals surface area contributed by atoms with E-state index in [1.807, 2.05) is 36.5 Å². The second-order valence-corrected chi connectivity index (χ2v) is 12.3. The SMILES string of the molecule is COCCO[C@]1(C(=O)N(C)OC)CC[C@H](c2nc3c(-c4cnn(-c5ccccc5)c4)cnn3c(N)c2S(C)(=O)=O)CC1. The van der Waals surface area contributed by atoms with Crippen LogP contribution < -0.4 is 5.73 Å². The number of hydrogen-bond acceptors (Lipinski definition) is 10. The lowest BCUT2D eigenvalue weighted by molar-refractivity contribution is -0.200. The number of rotatable bonds is 10. The number of nitrogens with two attached hydrogens (primary N) is 1. The number of nitrogen functional groups attached to an aromatic ring is 1. The zero-order chi connectivity index (χ0) is 30.1. The lowest BCUT2D eigenvalue weighted by Gasteiger charge is -2.40. The lowest BCUT2D eigenvalue weighted by Crippen LogP contribution is -2.51. The number of hydrogen-bond donors (Lipinski definition) is 1. The predicted molar refractivity (Wildman–Crippen MR) is 155 cm³/mol. The van der Waals surface area contributed by atoms with Crippen molar-refractivity contribution in [3.05, 3.63) is 54.6 Å². The van der Waals surface area contributed by atoms with Gasteiger partial charge < -0.3 is 15.2 Å². The molecule has 1 amide bonds. The van der Waals surface area contributed by atoms with Crippen LogP contribution in [0.2, 0.25) is 0 Å². The highest BCUT2D eigenvalue weighted by Crippen LogP contribution is 2.43. The molecule has 0 radical (unpaired) electrons. The fraction of sp³-hybridized carbons (Fsp3) is 0.429. The first-order valence-electron chi connectivity index (χ1n) is 13.5. The minimum atomic E-state index is -3.78. The van der Waals surface area contributed by atoms with Crippen molar-refractivity contribution in [1.82, 2.24) is 29.4 Å². The summed E-state index contributed by atoms with van der Waals surface area (Å²) in [7, 11) is 0.735. The topological polar surface area (TPSA) is 156 Å². The third kappa shape index (κ3) is 5.50. The molecule has 3 heterocycles. The molecule has 42 heavy (non-hydrogen) atoms. The van der Waals surface area contributed by atoms with E-state index in [9.17, 15) is 13.2 Å². The number of carbonyl (C=O) groups is 1. The van der Waals surface area contributed by atoms with Crippen molar-refractivity contribution in [1.29, 1.82) is 0 Å². The maximum atomic E-state index is 13.3. The maximum Gasteiger partial charge on any atom is 0.278 e. The Labute approximate surface area is 244 Å². The van der Waals surface area contributed by atoms with Crippen LogP contribution in [0.15, 0.2) is 53.8 Å². The number of nitrogens with zero attached hydrogens (tertiary/aromatic N) is 6. The molecule has 4 aromatic rings. The van der Waals surface area contributed by atoms with E-state index in [2.05, 4.69) is 10.2 Å². The first kappa shape index (κ1) is 29.6. The molecule has 3 aromatic heterocycles. The van der Waals surface area contributed by atoms with Gasteiger partial charge in [0.1, 0.15) is 16.3 Å². The molecule has 1 aliphatic carbocycles. The van der Waals surface area contributed by atoms with E-state index < -0.39 is 15.4 Å². The molecule has 0 saturated heterocycles. The highest BCUT2D eigenvalue weighted by Gasteiger charge is 2.46. The fourth-order valence-electron chi connectivity index (χ4n) is 5.53. The van der Waals surface area contributed by atoms with Gasteiger partial charge in [-0.3, -0.25) is 9.63 Å². The number of fused-ring (bicyclic) bond motifs is 1. The number of hydroxylamine groups is 2. The smallest absolute Gasteiger partial charge is 0.278 e. The average Bonchev–Trinajstić information content (AvgIpc) is 3.64. The summed E-state index contributed by atoms with van der Waals surface area (Å²) >= 11 is 0. The van der Waals surface area contributed by atoms with E-state index >= 15 is 0 Å². The van der Waals surface area contributed by atoms with Gasteiger partial charge in [-0.1, -0.05) is 18.2 Å². The molecule has 1 aliphatic rings. The summed E-state index contributed by atoms with van der Waals surface area (Å²) in [4.78, 5) is 23.3. The number of benzene rings is 1. The van der Waals surface area contributed by atoms with Crippen molar-refractivity contribution < 1.29 is 27.5 Å². The van der Waals surface area contributed by atoms with Gasteiger partial charge in [-0.15, -0.1) is 0 Å². The molecular formula is C28H35N7O6S. The summed E-state index contributed by atoms with van der Waals surface area (Å²) < 4.78 is 40.4. The highest BCUT2D eigenvalue weighted by molar-refractivity contribution is 7.91. The lowest BCUT2D eigenvalue weighted by atomic mass is 9.76. The van der Waals surface area contributed by atoms with E-state index in [1.165, 1.54) is 18.7 Å². The Morgan fingerprint density at radius 2 is 1.83 bits per heavy atom. The largest absolute Gasteiger partial charge is 0.382 e. The number of amides is 1. The van der Waals surface area contributed by atoms with Gasteiger partial charge in [0.05, 0.1) is 44.1 Å². The molecule has 0 aliphatic heterocycles. The first-order chi connectivity index (χ1) is 20.1. The van der Waals surface area contributed by atoms with Gasteiger partial charge >= 0.3 is 0 Å². The van der Waals surface area contributed by atoms with Crippen LogP contribution in [-0.2, 0) is 28.9 Å². The average molecular weight is 598 g/mol. The molecule has 14 heteroatoms. The van der Waals surface area contributed by atoms with Crippen molar-refractivity contribution >= 4 is 27.2 Å². The molecular weight excluding hydrogens is 562 g/mol. The normalized spacial score (nSPS) is 19.3. The second-order valence-electron chi connectivity index (χ2n) is 10.4. The summed E-state index contributed by atoms with van der Waals surface area (Å²) in [6.07, 6.45) is 7.83. The second kappa shape index (κ2) is 11.8. The van der Waals surface area contributed by atoms with Crippen molar-refractivity contribution in [3.8, 4) is 16.8 Å². The molecule has 1 aromatic carbocycles. The Bertz CT molecular complexity index is 1680. The van der Waals surface area contributed by atoms with Gasteiger partial charge in [-0.05, 0) is 37.8 Å². The molecule has 2 N–H and O–H groups in total. The first-order valence-corrected chi connectivity index (χ1v) is 15.4. The van der Waals surface area contributed by atoms with Crippen LogP contribution in [0.25, 0.3) is 22.5 Å². The highest BCUT2D eigenvalue weighted by atomic mass is 32.2. The van der Waals surface area contributed by atoms with Crippen LogP contribution >= 0.6 is 0 Å². The molecule has 0 bridgehead atoms. The Morgan fingerprint density at radius 1 is 1.12 bits per heavy atom. The summed E-state index contributed by atoms with van der Waals surface area (Å²) in [6, 6.07) is 9.67. The number of likely N-dealkylation sites (N-methyl/N-ethyl adjacent to an activating group) is 1. The molecule has 224 valence electrons. The summed E-state index contributed by atoms with van der Waals surface area (Å²) in [5.41, 5.74) is 8.44. The van der Waals surface area contributed by atoms with Crippen LogP contribution in [0.5, 0.6) is 0 Å². The third-order valence-corrected chi connectivity index (χ3v) is 8.90. The molecule has 13 nitrogen and oxygen atoms in total. The van der Waals surface area contributed by atoms with Gasteiger partial charge in [0.25, 0.3) is 5.91 Å². The van der Waals surface area contributed by atoms with E-state index in [0.29, 0.717) is 49.2 Å². The number of carbonyl (C=O) groups excluding carboxylic acids is 1. The molecule has 1 saturated carbocycles. The molecule has 0 unspecified atom stereocenters. The predicted octanol–water partition coefficient (Wildman–Crippen LogP) is 2.65. The fourth-order valence-corrected chi connectivity index (χ4v) is 6.59. The number of sulfone groups is 1. The number of para-hydroxylation sites is 1. The minimum Gasteiger partial charge on any atom is -0.382 e. The molecule has 0 atom stereocenters. The Balaban J connectivity index is 1.54. The number of ether oxygens (including phenoxy) is 2. The molecule has 5 rings (SSSR count). The summed E-state index contributed by atoms with van der Waals surface area (Å²) in [5, 5.41) is 10.0. The standard InChI is InChI=1S/C28H35N7O6S/c1-33(40-3)27(36)28(41-15-14-39-2)12-10-19(11-13-28)23-24(42(4,37)38)25(29)35-26(32-23)22(17-31-35)20-16-30-34(18-20)21-8-6-5-7-9-21/h5-9,16-19H,10-15,29H2,1-4H3/t19-,28+. The van der Waals surface area contributed by atoms with Gasteiger partial charge in [-0.25, -0.2) is 23.1 Å². The van der Waals surface area contributed by atoms with Gasteiger partial charge in [0.15, 0.2) is 15.5 Å². The van der Waals surface area contributed by atoms with Crippen LogP contribution in [0.1, 0.15) is 37.3 Å². The van der Waals surface area contributed by atoms with Crippen molar-refractivity contribution in [2.75, 3.05) is 46.5 Å². The Kier molecular flexibility index (Phi) is 8.32. The maximum absolute atomic E-state index is 13.3. The number of aromatic nitrogens is 5. The van der Waals surface area contributed by atoms with E-state index in [0.717, 1.165) is 22.6 Å². The Morgan fingerprint density at radius 3 is 2.48 bits per heavy atom. The van der Waals surface area contributed by atoms with Crippen molar-refractivity contribution in [2.45, 2.75) is 42.1 Å². The van der Waals surface area contributed by atoms with Crippen LogP contribution in [-0.4, -0.2) is 90.1 Å². The zero-order valence-corrected chi connectivity index (χ0v) is 24.9. The van der Waals surface area contributed by atoms with Crippen LogP contribution in [0.3, 0.4) is 0 Å². The van der Waals surface area contributed by atoms with Gasteiger partial charge in [-0.2, -0.15) is 14.7 Å². The quantitative estimate of drug-likeness (QED) is 0.213. The van der Waals surface area contributed by atoms with E-state index in [4.69, 9.17) is 25.0 Å². The van der Waals surface area contributed by atoms with Gasteiger partial charge in [0.2, 0.25) is 0 Å². The summed E-state index contributed by atoms with van der Waals surface area (Å²) in [6.45, 7) is 0.555. The van der Waals surface area contributed by atoms with Crippen LogP contribution in [0.4, 0.5) is 5.82 Å². The summed E-state index contributed by atoms with van der Waals surface area (Å²) in [5.74, 6) is -0.612. The van der Waals surface area contributed by atoms with E-state index in [1.54, 1.807) is 24.2 Å². The van der Waals surface area contributed by atoms with Crippen LogP contribution in [0, 0.1) is 0 Å². The minimum absolute atomic E-state index is 0.0115. The number of anilines is 1. The molecule has 1 fully saturated rings.